The van der Waals surface area contributed by atoms with E-state index < -0.39 is 0 Å². The Hall–Kier alpha value is -6.17. The second-order valence-corrected chi connectivity index (χ2v) is 13.0. The van der Waals surface area contributed by atoms with Crippen molar-refractivity contribution in [3.63, 3.8) is 0 Å². The van der Waals surface area contributed by atoms with Crippen LogP contribution in [0.5, 0.6) is 0 Å². The summed E-state index contributed by atoms with van der Waals surface area (Å²) in [5.74, 6) is 0.612. The number of nitrogens with zero attached hydrogens (tertiary/aromatic N) is 2. The third kappa shape index (κ3) is 4.25. The predicted molar refractivity (Wildman–Crippen MR) is 200 cm³/mol. The van der Waals surface area contributed by atoms with Gasteiger partial charge in [0.1, 0.15) is 16.7 Å². The molecule has 10 aromatic rings. The molecule has 0 spiro atoms. The van der Waals surface area contributed by atoms with Gasteiger partial charge in [0, 0.05) is 55.3 Å². The highest BCUT2D eigenvalue weighted by molar-refractivity contribution is 7.26. The standard InChI is InChI=1S/C43H26N2O2S/c1-3-12-27(13-4-1)29-16-11-17-30(24-29)45(31-22-23-33-32-18-7-9-20-36(32)46-37(33)25-31)35-26-38-41(44-43(47-38)28-14-5-2-6-15-28)40-34-19-8-10-21-39(34)48-42(35)40/h1-26H. The van der Waals surface area contributed by atoms with Crippen LogP contribution >= 0.6 is 11.3 Å². The summed E-state index contributed by atoms with van der Waals surface area (Å²) in [6.45, 7) is 0. The highest BCUT2D eigenvalue weighted by atomic mass is 32.1. The Kier molecular flexibility index (Phi) is 6.01. The molecular formula is C43H26N2O2S. The molecule has 48 heavy (non-hydrogen) atoms. The van der Waals surface area contributed by atoms with Gasteiger partial charge in [-0.1, -0.05) is 97.1 Å². The normalized spacial score (nSPS) is 11.8. The van der Waals surface area contributed by atoms with Crippen LogP contribution in [-0.2, 0) is 0 Å². The zero-order chi connectivity index (χ0) is 31.6. The van der Waals surface area contributed by atoms with Gasteiger partial charge in [0.15, 0.2) is 5.58 Å². The monoisotopic (exact) mass is 634 g/mol. The van der Waals surface area contributed by atoms with Crippen LogP contribution in [0.1, 0.15) is 0 Å². The number of fused-ring (bicyclic) bond motifs is 8. The molecule has 7 aromatic carbocycles. The maximum Gasteiger partial charge on any atom is 0.227 e. The first-order chi connectivity index (χ1) is 23.8. The van der Waals surface area contributed by atoms with Gasteiger partial charge >= 0.3 is 0 Å². The van der Waals surface area contributed by atoms with Gasteiger partial charge in [-0.25, -0.2) is 4.98 Å². The van der Waals surface area contributed by atoms with Crippen molar-refractivity contribution < 1.29 is 8.83 Å². The molecule has 0 aliphatic carbocycles. The maximum absolute atomic E-state index is 6.59. The summed E-state index contributed by atoms with van der Waals surface area (Å²) in [6, 6.07) is 54.8. The molecule has 0 aliphatic heterocycles. The number of hydrogen-bond acceptors (Lipinski definition) is 5. The molecule has 0 saturated carbocycles. The summed E-state index contributed by atoms with van der Waals surface area (Å²) in [6.07, 6.45) is 0. The lowest BCUT2D eigenvalue weighted by atomic mass is 10.0. The van der Waals surface area contributed by atoms with E-state index in [4.69, 9.17) is 13.8 Å². The lowest BCUT2D eigenvalue weighted by Gasteiger charge is -2.26. The Morgan fingerprint density at radius 1 is 0.479 bits per heavy atom. The molecule has 10 rings (SSSR count). The SMILES string of the molecule is c1ccc(-c2cccc(N(c3ccc4c(c3)oc3ccccc34)c3cc4oc(-c5ccccc5)nc4c4c3sc3ccccc34)c2)cc1. The summed E-state index contributed by atoms with van der Waals surface area (Å²) in [5, 5.41) is 4.48. The van der Waals surface area contributed by atoms with E-state index >= 15 is 0 Å². The van der Waals surface area contributed by atoms with E-state index in [0.717, 1.165) is 76.9 Å². The lowest BCUT2D eigenvalue weighted by molar-refractivity contribution is 0.620. The lowest BCUT2D eigenvalue weighted by Crippen LogP contribution is -2.10. The number of oxazole rings is 1. The first kappa shape index (κ1) is 27.0. The summed E-state index contributed by atoms with van der Waals surface area (Å²) in [7, 11) is 0. The number of furan rings is 1. The number of para-hydroxylation sites is 1. The smallest absolute Gasteiger partial charge is 0.227 e. The molecule has 0 N–H and O–H groups in total. The fraction of sp³-hybridized carbons (Fsp3) is 0. The first-order valence-corrected chi connectivity index (χ1v) is 16.8. The number of benzene rings is 7. The molecule has 0 unspecified atom stereocenters. The van der Waals surface area contributed by atoms with Crippen LogP contribution < -0.4 is 4.90 Å². The molecule has 0 atom stereocenters. The zero-order valence-corrected chi connectivity index (χ0v) is 26.4. The number of anilines is 3. The second-order valence-electron chi connectivity index (χ2n) is 12.0. The predicted octanol–water partition coefficient (Wildman–Crippen LogP) is 12.9. The molecule has 0 saturated heterocycles. The van der Waals surface area contributed by atoms with Crippen LogP contribution in [0.4, 0.5) is 17.1 Å². The van der Waals surface area contributed by atoms with E-state index in [9.17, 15) is 0 Å². The Bertz CT molecular complexity index is 2790. The fourth-order valence-electron chi connectivity index (χ4n) is 6.87. The van der Waals surface area contributed by atoms with E-state index in [1.807, 2.05) is 42.5 Å². The van der Waals surface area contributed by atoms with Crippen LogP contribution in [0.3, 0.4) is 0 Å². The largest absolute Gasteiger partial charge is 0.456 e. The van der Waals surface area contributed by atoms with Gasteiger partial charge in [-0.05, 0) is 59.7 Å². The van der Waals surface area contributed by atoms with Crippen molar-refractivity contribution >= 4 is 81.6 Å². The first-order valence-electron chi connectivity index (χ1n) is 16.0. The van der Waals surface area contributed by atoms with E-state index in [-0.39, 0.29) is 0 Å². The Balaban J connectivity index is 1.28. The summed E-state index contributed by atoms with van der Waals surface area (Å²) >= 11 is 1.79. The molecule has 0 amide bonds. The second kappa shape index (κ2) is 10.7. The van der Waals surface area contributed by atoms with Crippen LogP contribution in [0.25, 0.3) is 75.8 Å². The number of aromatic nitrogens is 1. The Morgan fingerprint density at radius 2 is 1.17 bits per heavy atom. The van der Waals surface area contributed by atoms with Crippen LogP contribution in [0, 0.1) is 0 Å². The van der Waals surface area contributed by atoms with E-state index in [0.29, 0.717) is 5.89 Å². The van der Waals surface area contributed by atoms with Crippen molar-refractivity contribution in [1.29, 1.82) is 0 Å². The average Bonchev–Trinajstić information content (AvgIpc) is 3.86. The molecular weight excluding hydrogens is 609 g/mol. The molecule has 3 aromatic heterocycles. The van der Waals surface area contributed by atoms with Crippen LogP contribution in [0.2, 0.25) is 0 Å². The highest BCUT2D eigenvalue weighted by Gasteiger charge is 2.24. The molecule has 0 bridgehead atoms. The third-order valence-corrected chi connectivity index (χ3v) is 10.3. The number of hydrogen-bond donors (Lipinski definition) is 0. The summed E-state index contributed by atoms with van der Waals surface area (Å²) in [4.78, 5) is 7.44. The quantitative estimate of drug-likeness (QED) is 0.189. The van der Waals surface area contributed by atoms with Gasteiger partial charge in [-0.2, -0.15) is 0 Å². The Labute approximate surface area is 279 Å². The maximum atomic E-state index is 6.59. The Morgan fingerprint density at radius 3 is 2.02 bits per heavy atom. The third-order valence-electron chi connectivity index (χ3n) is 9.08. The van der Waals surface area contributed by atoms with Crippen molar-refractivity contribution in [1.82, 2.24) is 4.98 Å². The topological polar surface area (TPSA) is 42.4 Å². The number of thiophene rings is 1. The van der Waals surface area contributed by atoms with Gasteiger partial charge in [0.05, 0.1) is 10.4 Å². The van der Waals surface area contributed by atoms with E-state index in [2.05, 4.69) is 120 Å². The minimum absolute atomic E-state index is 0.612. The minimum Gasteiger partial charge on any atom is -0.456 e. The minimum atomic E-state index is 0.612. The van der Waals surface area contributed by atoms with Crippen molar-refractivity contribution in [2.75, 3.05) is 4.90 Å². The zero-order valence-electron chi connectivity index (χ0n) is 25.6. The highest BCUT2D eigenvalue weighted by Crippen LogP contribution is 2.49. The molecule has 3 heterocycles. The van der Waals surface area contributed by atoms with Crippen LogP contribution in [0.15, 0.2) is 167 Å². The van der Waals surface area contributed by atoms with Crippen molar-refractivity contribution in [2.24, 2.45) is 0 Å². The molecule has 0 radical (unpaired) electrons. The van der Waals surface area contributed by atoms with E-state index in [1.165, 1.54) is 10.1 Å². The van der Waals surface area contributed by atoms with Crippen molar-refractivity contribution in [3.8, 4) is 22.6 Å². The molecule has 0 aliphatic rings. The van der Waals surface area contributed by atoms with Gasteiger partial charge in [-0.3, -0.25) is 0 Å². The summed E-state index contributed by atoms with van der Waals surface area (Å²) in [5.41, 5.74) is 9.65. The number of rotatable bonds is 5. The summed E-state index contributed by atoms with van der Waals surface area (Å²) < 4.78 is 15.4. The van der Waals surface area contributed by atoms with E-state index in [1.54, 1.807) is 11.3 Å². The fourth-order valence-corrected chi connectivity index (χ4v) is 8.08. The molecule has 226 valence electrons. The average molecular weight is 635 g/mol. The molecule has 5 heteroatoms. The van der Waals surface area contributed by atoms with Gasteiger partial charge in [0.2, 0.25) is 5.89 Å². The van der Waals surface area contributed by atoms with Gasteiger partial charge < -0.3 is 13.7 Å². The molecule has 4 nitrogen and oxygen atoms in total. The van der Waals surface area contributed by atoms with Crippen LogP contribution in [-0.4, -0.2) is 4.98 Å². The molecule has 0 fully saturated rings. The van der Waals surface area contributed by atoms with Gasteiger partial charge in [0.25, 0.3) is 0 Å². The van der Waals surface area contributed by atoms with Crippen molar-refractivity contribution in [2.45, 2.75) is 0 Å². The van der Waals surface area contributed by atoms with Crippen molar-refractivity contribution in [3.05, 3.63) is 158 Å². The van der Waals surface area contributed by atoms with Gasteiger partial charge in [-0.15, -0.1) is 11.3 Å².